The lowest BCUT2D eigenvalue weighted by Crippen LogP contribution is -2.43. The number of nitrogens with one attached hydrogen (secondary N) is 1. The number of amides is 2. The fourth-order valence-electron chi connectivity index (χ4n) is 3.19. The summed E-state index contributed by atoms with van der Waals surface area (Å²) in [5.74, 6) is 0.132. The van der Waals surface area contributed by atoms with Gasteiger partial charge < -0.3 is 14.8 Å². The number of hydrogen-bond acceptors (Lipinski definition) is 4. The Kier molecular flexibility index (Phi) is 5.16. The predicted octanol–water partition coefficient (Wildman–Crippen LogP) is 3.19. The zero-order chi connectivity index (χ0) is 19.5. The van der Waals surface area contributed by atoms with E-state index in [0.717, 1.165) is 21.8 Å². The number of imidazole rings is 1. The van der Waals surface area contributed by atoms with Crippen LogP contribution in [0.4, 0.5) is 5.69 Å². The van der Waals surface area contributed by atoms with Gasteiger partial charge in [-0.1, -0.05) is 24.3 Å². The highest BCUT2D eigenvalue weighted by atomic mass is 32.2. The maximum Gasteiger partial charge on any atom is 0.240 e. The standard InChI is InChI=1S/C21H20N4O2S/c1-15(16-6-8-17(9-7-16)24-11-10-22-14-24)23-20(26)12-25-18-4-2-3-5-19(18)28-13-21(25)27/h2-11,14-15H,12-13H2,1H3,(H,23,26)/t15-/m0/s1. The normalized spacial score (nSPS) is 14.5. The summed E-state index contributed by atoms with van der Waals surface area (Å²) in [5, 5.41) is 2.99. The molecular weight excluding hydrogens is 372 g/mol. The largest absolute Gasteiger partial charge is 0.348 e. The second kappa shape index (κ2) is 7.90. The molecule has 1 atom stereocenters. The van der Waals surface area contributed by atoms with Crippen LogP contribution in [-0.4, -0.2) is 33.7 Å². The molecule has 7 heteroatoms. The third-order valence-corrected chi connectivity index (χ3v) is 5.73. The zero-order valence-corrected chi connectivity index (χ0v) is 16.2. The molecule has 142 valence electrons. The molecule has 1 aliphatic rings. The van der Waals surface area contributed by atoms with E-state index < -0.39 is 0 Å². The fourth-order valence-corrected chi connectivity index (χ4v) is 4.12. The van der Waals surface area contributed by atoms with Crippen molar-refractivity contribution in [1.29, 1.82) is 0 Å². The highest BCUT2D eigenvalue weighted by Crippen LogP contribution is 2.34. The molecule has 2 aromatic carbocycles. The van der Waals surface area contributed by atoms with E-state index in [1.165, 1.54) is 11.8 Å². The van der Waals surface area contributed by atoms with Crippen LogP contribution in [0, 0.1) is 0 Å². The lowest BCUT2D eigenvalue weighted by atomic mass is 10.1. The van der Waals surface area contributed by atoms with Crippen molar-refractivity contribution in [2.75, 3.05) is 17.2 Å². The van der Waals surface area contributed by atoms with Gasteiger partial charge in [-0.25, -0.2) is 4.98 Å². The number of hydrogen-bond donors (Lipinski definition) is 1. The van der Waals surface area contributed by atoms with Crippen molar-refractivity contribution < 1.29 is 9.59 Å². The van der Waals surface area contributed by atoms with E-state index in [1.54, 1.807) is 17.4 Å². The van der Waals surface area contributed by atoms with E-state index in [1.807, 2.05) is 66.2 Å². The van der Waals surface area contributed by atoms with Crippen LogP contribution < -0.4 is 10.2 Å². The summed E-state index contributed by atoms with van der Waals surface area (Å²) in [6.45, 7) is 1.96. The van der Waals surface area contributed by atoms with Gasteiger partial charge in [-0.05, 0) is 36.8 Å². The summed E-state index contributed by atoms with van der Waals surface area (Å²) in [5.41, 5.74) is 2.81. The van der Waals surface area contributed by atoms with Gasteiger partial charge in [-0.3, -0.25) is 9.59 Å². The van der Waals surface area contributed by atoms with Gasteiger partial charge in [0.2, 0.25) is 11.8 Å². The summed E-state index contributed by atoms with van der Waals surface area (Å²) >= 11 is 1.51. The minimum atomic E-state index is -0.179. The van der Waals surface area contributed by atoms with Crippen LogP contribution in [0.2, 0.25) is 0 Å². The Morgan fingerprint density at radius 3 is 2.75 bits per heavy atom. The first kappa shape index (κ1) is 18.3. The van der Waals surface area contributed by atoms with Crippen molar-refractivity contribution in [3.8, 4) is 5.69 Å². The quantitative estimate of drug-likeness (QED) is 0.724. The van der Waals surface area contributed by atoms with Crippen LogP contribution in [0.15, 0.2) is 72.1 Å². The Labute approximate surface area is 167 Å². The summed E-state index contributed by atoms with van der Waals surface area (Å²) in [7, 11) is 0. The molecule has 1 aromatic heterocycles. The molecule has 0 unspecified atom stereocenters. The van der Waals surface area contributed by atoms with E-state index in [0.29, 0.717) is 5.75 Å². The molecule has 2 amide bonds. The van der Waals surface area contributed by atoms with E-state index in [9.17, 15) is 9.59 Å². The van der Waals surface area contributed by atoms with Crippen LogP contribution in [0.3, 0.4) is 0 Å². The highest BCUT2D eigenvalue weighted by Gasteiger charge is 2.26. The number of thioether (sulfide) groups is 1. The maximum absolute atomic E-state index is 12.6. The molecule has 0 bridgehead atoms. The van der Waals surface area contributed by atoms with Gasteiger partial charge in [0.15, 0.2) is 0 Å². The van der Waals surface area contributed by atoms with Crippen molar-refractivity contribution in [3.05, 3.63) is 72.8 Å². The molecule has 0 spiro atoms. The second-order valence-electron chi connectivity index (χ2n) is 6.59. The van der Waals surface area contributed by atoms with Crippen LogP contribution >= 0.6 is 11.8 Å². The molecule has 0 saturated heterocycles. The summed E-state index contributed by atoms with van der Waals surface area (Å²) in [6.07, 6.45) is 5.35. The number of fused-ring (bicyclic) bond motifs is 1. The van der Waals surface area contributed by atoms with Crippen LogP contribution in [0.5, 0.6) is 0 Å². The van der Waals surface area contributed by atoms with Crippen molar-refractivity contribution in [3.63, 3.8) is 0 Å². The Hall–Kier alpha value is -3.06. The Balaban J connectivity index is 1.42. The number of anilines is 1. The smallest absolute Gasteiger partial charge is 0.240 e. The Morgan fingerprint density at radius 2 is 2.00 bits per heavy atom. The van der Waals surface area contributed by atoms with Crippen molar-refractivity contribution in [2.45, 2.75) is 17.9 Å². The van der Waals surface area contributed by atoms with Gasteiger partial charge in [-0.2, -0.15) is 0 Å². The van der Waals surface area contributed by atoms with E-state index in [4.69, 9.17) is 0 Å². The van der Waals surface area contributed by atoms with Crippen LogP contribution in [-0.2, 0) is 9.59 Å². The number of benzene rings is 2. The number of carbonyl (C=O) groups excluding carboxylic acids is 2. The molecule has 0 saturated carbocycles. The summed E-state index contributed by atoms with van der Waals surface area (Å²) in [4.78, 5) is 31.5. The van der Waals surface area contributed by atoms with Crippen molar-refractivity contribution in [2.24, 2.45) is 0 Å². The summed E-state index contributed by atoms with van der Waals surface area (Å²) in [6, 6.07) is 15.5. The average molecular weight is 392 g/mol. The molecule has 6 nitrogen and oxygen atoms in total. The minimum absolute atomic E-state index is 0.0217. The molecule has 28 heavy (non-hydrogen) atoms. The molecule has 1 aliphatic heterocycles. The van der Waals surface area contributed by atoms with Crippen molar-refractivity contribution in [1.82, 2.24) is 14.9 Å². The first-order chi connectivity index (χ1) is 13.6. The monoisotopic (exact) mass is 392 g/mol. The molecule has 4 rings (SSSR count). The van der Waals surface area contributed by atoms with Gasteiger partial charge in [0.1, 0.15) is 6.54 Å². The third-order valence-electron chi connectivity index (χ3n) is 4.68. The molecule has 0 fully saturated rings. The first-order valence-corrected chi connectivity index (χ1v) is 10.0. The molecule has 2 heterocycles. The van der Waals surface area contributed by atoms with Gasteiger partial charge >= 0.3 is 0 Å². The van der Waals surface area contributed by atoms with E-state index in [-0.39, 0.29) is 24.4 Å². The predicted molar refractivity (Wildman–Crippen MR) is 110 cm³/mol. The van der Waals surface area contributed by atoms with Crippen molar-refractivity contribution >= 4 is 29.3 Å². The number of para-hydroxylation sites is 1. The number of nitrogens with zero attached hydrogens (tertiary/aromatic N) is 3. The second-order valence-corrected chi connectivity index (χ2v) is 7.60. The lowest BCUT2D eigenvalue weighted by molar-refractivity contribution is -0.123. The van der Waals surface area contributed by atoms with Crippen LogP contribution in [0.1, 0.15) is 18.5 Å². The van der Waals surface area contributed by atoms with Gasteiger partial charge in [-0.15, -0.1) is 11.8 Å². The Morgan fingerprint density at radius 1 is 1.21 bits per heavy atom. The summed E-state index contributed by atoms with van der Waals surface area (Å²) < 4.78 is 1.92. The Bertz CT molecular complexity index is 986. The molecule has 0 aliphatic carbocycles. The van der Waals surface area contributed by atoms with E-state index in [2.05, 4.69) is 10.3 Å². The minimum Gasteiger partial charge on any atom is -0.348 e. The number of aromatic nitrogens is 2. The highest BCUT2D eigenvalue weighted by molar-refractivity contribution is 8.00. The number of carbonyl (C=O) groups is 2. The first-order valence-electron chi connectivity index (χ1n) is 9.01. The third kappa shape index (κ3) is 3.80. The average Bonchev–Trinajstić information content (AvgIpc) is 3.25. The molecule has 3 aromatic rings. The molecule has 1 N–H and O–H groups in total. The number of rotatable bonds is 5. The van der Waals surface area contributed by atoms with E-state index >= 15 is 0 Å². The SMILES string of the molecule is C[C@H](NC(=O)CN1C(=O)CSc2ccccc21)c1ccc(-n2ccnc2)cc1. The van der Waals surface area contributed by atoms with Gasteiger partial charge in [0.25, 0.3) is 0 Å². The van der Waals surface area contributed by atoms with Gasteiger partial charge in [0, 0.05) is 23.0 Å². The molecule has 0 radical (unpaired) electrons. The maximum atomic E-state index is 12.6. The molecular formula is C21H20N4O2S. The topological polar surface area (TPSA) is 67.2 Å². The fraction of sp³-hybridized carbons (Fsp3) is 0.190. The van der Waals surface area contributed by atoms with Crippen LogP contribution in [0.25, 0.3) is 5.69 Å². The lowest BCUT2D eigenvalue weighted by Gasteiger charge is -2.28. The zero-order valence-electron chi connectivity index (χ0n) is 15.4. The van der Waals surface area contributed by atoms with Gasteiger partial charge in [0.05, 0.1) is 23.8 Å².